The largest absolute Gasteiger partial charge is 0.497 e. The van der Waals surface area contributed by atoms with E-state index < -0.39 is 25.2 Å². The van der Waals surface area contributed by atoms with Gasteiger partial charge in [0.15, 0.2) is 0 Å². The summed E-state index contributed by atoms with van der Waals surface area (Å²) in [5.41, 5.74) is 0.429. The summed E-state index contributed by atoms with van der Waals surface area (Å²) in [6.07, 6.45) is -4.34. The van der Waals surface area contributed by atoms with Crippen LogP contribution in [0, 0.1) is 0 Å². The van der Waals surface area contributed by atoms with Gasteiger partial charge in [0.25, 0.3) is 0 Å². The molecular weight excluding hydrogens is 329 g/mol. The average Bonchev–Trinajstić information content (AvgIpc) is 2.30. The Morgan fingerprint density at radius 3 is 2.68 bits per heavy atom. The van der Waals surface area contributed by atoms with Crippen molar-refractivity contribution >= 4 is 27.5 Å². The van der Waals surface area contributed by atoms with Crippen LogP contribution < -0.4 is 15.4 Å². The number of nitrogens with one attached hydrogen (secondary N) is 2. The van der Waals surface area contributed by atoms with E-state index in [0.717, 1.165) is 0 Å². The van der Waals surface area contributed by atoms with E-state index in [4.69, 9.17) is 4.74 Å². The standard InChI is InChI=1S/C11H12BrF3N2O2/c1-19-7-2-3-8(12)9(4-7)17-10(18)5-16-6-11(13,14)15/h2-4,16H,5-6H2,1H3,(H,17,18). The van der Waals surface area contributed by atoms with Crippen LogP contribution in [0.1, 0.15) is 0 Å². The molecule has 0 unspecified atom stereocenters. The van der Waals surface area contributed by atoms with Gasteiger partial charge in [0.2, 0.25) is 5.91 Å². The molecule has 0 radical (unpaired) electrons. The third-order valence-electron chi connectivity index (χ3n) is 2.06. The first-order valence-corrected chi connectivity index (χ1v) is 6.02. The monoisotopic (exact) mass is 340 g/mol. The summed E-state index contributed by atoms with van der Waals surface area (Å²) in [5, 5.41) is 4.49. The second kappa shape index (κ2) is 6.76. The minimum Gasteiger partial charge on any atom is -0.497 e. The maximum absolute atomic E-state index is 11.9. The molecule has 1 amide bonds. The Balaban J connectivity index is 2.52. The fraction of sp³-hybridized carbons (Fsp3) is 0.364. The highest BCUT2D eigenvalue weighted by Gasteiger charge is 2.26. The molecule has 0 saturated heterocycles. The van der Waals surface area contributed by atoms with E-state index in [1.165, 1.54) is 7.11 Å². The lowest BCUT2D eigenvalue weighted by molar-refractivity contribution is -0.126. The van der Waals surface area contributed by atoms with Crippen molar-refractivity contribution in [1.82, 2.24) is 5.32 Å². The van der Waals surface area contributed by atoms with Gasteiger partial charge in [-0.15, -0.1) is 0 Å². The van der Waals surface area contributed by atoms with Gasteiger partial charge in [0.1, 0.15) is 5.75 Å². The predicted molar refractivity (Wildman–Crippen MR) is 68.2 cm³/mol. The normalized spacial score (nSPS) is 11.2. The molecule has 4 nitrogen and oxygen atoms in total. The maximum Gasteiger partial charge on any atom is 0.401 e. The number of rotatable bonds is 5. The Morgan fingerprint density at radius 1 is 1.42 bits per heavy atom. The van der Waals surface area contributed by atoms with Gasteiger partial charge >= 0.3 is 6.18 Å². The number of alkyl halides is 3. The van der Waals surface area contributed by atoms with Crippen LogP contribution in [0.2, 0.25) is 0 Å². The quantitative estimate of drug-likeness (QED) is 0.866. The number of benzene rings is 1. The third kappa shape index (κ3) is 5.93. The smallest absolute Gasteiger partial charge is 0.401 e. The molecular formula is C11H12BrF3N2O2. The summed E-state index contributed by atoms with van der Waals surface area (Å²) in [6.45, 7) is -1.64. The number of hydrogen-bond acceptors (Lipinski definition) is 3. The van der Waals surface area contributed by atoms with Gasteiger partial charge in [-0.2, -0.15) is 13.2 Å². The topological polar surface area (TPSA) is 50.4 Å². The van der Waals surface area contributed by atoms with Crippen LogP contribution in [0.25, 0.3) is 0 Å². The molecule has 0 heterocycles. The number of ether oxygens (including phenoxy) is 1. The Labute approximate surface area is 116 Å². The molecule has 0 aromatic heterocycles. The highest BCUT2D eigenvalue weighted by molar-refractivity contribution is 9.10. The first-order valence-electron chi connectivity index (χ1n) is 5.22. The van der Waals surface area contributed by atoms with Crippen LogP contribution in [0.4, 0.5) is 18.9 Å². The third-order valence-corrected chi connectivity index (χ3v) is 2.75. The van der Waals surface area contributed by atoms with Crippen molar-refractivity contribution in [2.45, 2.75) is 6.18 Å². The van der Waals surface area contributed by atoms with Crippen LogP contribution in [-0.2, 0) is 4.79 Å². The van der Waals surface area contributed by atoms with Gasteiger partial charge < -0.3 is 15.4 Å². The average molecular weight is 341 g/mol. The van der Waals surface area contributed by atoms with Crippen LogP contribution in [0.5, 0.6) is 5.75 Å². The molecule has 19 heavy (non-hydrogen) atoms. The van der Waals surface area contributed by atoms with Gasteiger partial charge in [-0.25, -0.2) is 0 Å². The minimum atomic E-state index is -4.34. The fourth-order valence-corrected chi connectivity index (χ4v) is 1.59. The highest BCUT2D eigenvalue weighted by atomic mass is 79.9. The summed E-state index contributed by atoms with van der Waals surface area (Å²) >= 11 is 3.22. The van der Waals surface area contributed by atoms with Crippen molar-refractivity contribution in [1.29, 1.82) is 0 Å². The number of anilines is 1. The van der Waals surface area contributed by atoms with E-state index in [1.807, 2.05) is 5.32 Å². The van der Waals surface area contributed by atoms with Crippen molar-refractivity contribution in [3.8, 4) is 5.75 Å². The number of methoxy groups -OCH3 is 1. The molecule has 0 atom stereocenters. The molecule has 2 N–H and O–H groups in total. The van der Waals surface area contributed by atoms with E-state index in [-0.39, 0.29) is 0 Å². The van der Waals surface area contributed by atoms with Crippen LogP contribution >= 0.6 is 15.9 Å². The van der Waals surface area contributed by atoms with Crippen molar-refractivity contribution in [2.75, 3.05) is 25.5 Å². The first kappa shape index (κ1) is 15.8. The SMILES string of the molecule is COc1ccc(Br)c(NC(=O)CNCC(F)(F)F)c1. The lowest BCUT2D eigenvalue weighted by Gasteiger charge is -2.11. The van der Waals surface area contributed by atoms with Crippen LogP contribution in [0.15, 0.2) is 22.7 Å². The van der Waals surface area contributed by atoms with E-state index in [1.54, 1.807) is 18.2 Å². The number of amides is 1. The second-order valence-corrected chi connectivity index (χ2v) is 4.47. The second-order valence-electron chi connectivity index (χ2n) is 3.61. The van der Waals surface area contributed by atoms with Crippen molar-refractivity contribution in [3.63, 3.8) is 0 Å². The Bertz CT molecular complexity index is 452. The predicted octanol–water partition coefficient (Wildman–Crippen LogP) is 2.55. The Morgan fingerprint density at radius 2 is 2.11 bits per heavy atom. The van der Waals surface area contributed by atoms with Gasteiger partial charge in [-0.1, -0.05) is 0 Å². The zero-order chi connectivity index (χ0) is 14.5. The Kier molecular flexibility index (Phi) is 5.61. The molecule has 106 valence electrons. The summed E-state index contributed by atoms with van der Waals surface area (Å²) in [5.74, 6) is -0.0417. The number of hydrogen-bond donors (Lipinski definition) is 2. The molecule has 0 aliphatic heterocycles. The van der Waals surface area contributed by atoms with Crippen molar-refractivity contribution in [3.05, 3.63) is 22.7 Å². The lowest BCUT2D eigenvalue weighted by atomic mass is 10.3. The zero-order valence-corrected chi connectivity index (χ0v) is 11.6. The molecule has 0 spiro atoms. The molecule has 0 saturated carbocycles. The molecule has 8 heteroatoms. The van der Waals surface area contributed by atoms with E-state index in [0.29, 0.717) is 15.9 Å². The molecule has 0 aliphatic rings. The summed E-state index contributed by atoms with van der Waals surface area (Å²) < 4.78 is 41.2. The molecule has 0 bridgehead atoms. The summed E-state index contributed by atoms with van der Waals surface area (Å²) in [4.78, 5) is 11.4. The highest BCUT2D eigenvalue weighted by Crippen LogP contribution is 2.26. The summed E-state index contributed by atoms with van der Waals surface area (Å²) in [6, 6.07) is 4.91. The van der Waals surface area contributed by atoms with E-state index in [2.05, 4.69) is 21.2 Å². The van der Waals surface area contributed by atoms with Gasteiger partial charge in [0, 0.05) is 10.5 Å². The zero-order valence-electron chi connectivity index (χ0n) is 9.97. The summed E-state index contributed by atoms with van der Waals surface area (Å²) in [7, 11) is 1.47. The lowest BCUT2D eigenvalue weighted by Crippen LogP contribution is -2.35. The van der Waals surface area contributed by atoms with Crippen LogP contribution in [0.3, 0.4) is 0 Å². The molecule has 1 aromatic carbocycles. The van der Waals surface area contributed by atoms with Gasteiger partial charge in [-0.3, -0.25) is 4.79 Å². The van der Waals surface area contributed by atoms with Crippen LogP contribution in [-0.4, -0.2) is 32.3 Å². The molecule has 1 aromatic rings. The number of halogens is 4. The van der Waals surface area contributed by atoms with E-state index in [9.17, 15) is 18.0 Å². The maximum atomic E-state index is 11.9. The van der Waals surface area contributed by atoms with E-state index >= 15 is 0 Å². The number of carbonyl (C=O) groups excluding carboxylic acids is 1. The van der Waals surface area contributed by atoms with Gasteiger partial charge in [0.05, 0.1) is 25.9 Å². The van der Waals surface area contributed by atoms with Crippen molar-refractivity contribution in [2.24, 2.45) is 0 Å². The number of carbonyl (C=O) groups is 1. The first-order chi connectivity index (χ1) is 8.81. The minimum absolute atomic E-state index is 0.427. The fourth-order valence-electron chi connectivity index (χ4n) is 1.24. The Hall–Kier alpha value is -1.28. The molecule has 0 fully saturated rings. The van der Waals surface area contributed by atoms with Crippen molar-refractivity contribution < 1.29 is 22.7 Å². The molecule has 1 rings (SSSR count). The van der Waals surface area contributed by atoms with Gasteiger partial charge in [-0.05, 0) is 28.1 Å². The molecule has 0 aliphatic carbocycles.